The molecule has 0 saturated heterocycles. The van der Waals surface area contributed by atoms with E-state index in [0.717, 1.165) is 11.1 Å². The molecule has 3 rings (SSSR count). The Bertz CT molecular complexity index is 945. The number of aromatic hydroxyl groups is 1. The van der Waals surface area contributed by atoms with Gasteiger partial charge < -0.3 is 9.84 Å². The van der Waals surface area contributed by atoms with E-state index in [-0.39, 0.29) is 12.0 Å². The van der Waals surface area contributed by atoms with Crippen LogP contribution >= 0.6 is 0 Å². The molecule has 1 heterocycles. The van der Waals surface area contributed by atoms with Crippen LogP contribution in [0.3, 0.4) is 0 Å². The summed E-state index contributed by atoms with van der Waals surface area (Å²) in [5.74, 6) is 0.246. The maximum absolute atomic E-state index is 11.8. The first-order valence-electron chi connectivity index (χ1n) is 7.42. The molecule has 6 heteroatoms. The second-order valence-corrected chi connectivity index (χ2v) is 5.33. The molecule has 0 spiro atoms. The fourth-order valence-corrected chi connectivity index (χ4v) is 2.35. The van der Waals surface area contributed by atoms with Crippen LogP contribution in [0, 0.1) is 0 Å². The summed E-state index contributed by atoms with van der Waals surface area (Å²) in [5.41, 5.74) is 0.605. The zero-order chi connectivity index (χ0) is 16.9. The van der Waals surface area contributed by atoms with E-state index in [4.69, 9.17) is 4.74 Å². The van der Waals surface area contributed by atoms with Gasteiger partial charge in [0, 0.05) is 6.42 Å². The predicted octanol–water partition coefficient (Wildman–Crippen LogP) is 1.94. The van der Waals surface area contributed by atoms with Crippen LogP contribution in [-0.4, -0.2) is 15.1 Å². The van der Waals surface area contributed by atoms with Crippen LogP contribution in [0.15, 0.2) is 64.2 Å². The summed E-state index contributed by atoms with van der Waals surface area (Å²) in [6.07, 6.45) is 0.181. The summed E-state index contributed by atoms with van der Waals surface area (Å²) < 4.78 is 5.74. The molecule has 3 N–H and O–H groups in total. The fourth-order valence-electron chi connectivity index (χ4n) is 2.35. The second-order valence-electron chi connectivity index (χ2n) is 5.33. The first kappa shape index (κ1) is 15.6. The number of aromatic amines is 2. The van der Waals surface area contributed by atoms with Crippen molar-refractivity contribution in [2.75, 3.05) is 0 Å². The molecule has 0 amide bonds. The molecule has 0 fully saturated rings. The van der Waals surface area contributed by atoms with Gasteiger partial charge in [0.1, 0.15) is 12.4 Å². The lowest BCUT2D eigenvalue weighted by Gasteiger charge is -2.08. The average molecular weight is 324 g/mol. The number of rotatable bonds is 5. The highest BCUT2D eigenvalue weighted by Crippen LogP contribution is 2.18. The minimum absolute atomic E-state index is 0.106. The normalized spacial score (nSPS) is 10.5. The summed E-state index contributed by atoms with van der Waals surface area (Å²) in [5, 5.41) is 9.75. The summed E-state index contributed by atoms with van der Waals surface area (Å²) in [6.45, 7) is 0.439. The quantitative estimate of drug-likeness (QED) is 0.668. The smallest absolute Gasteiger partial charge is 0.328 e. The van der Waals surface area contributed by atoms with Crippen LogP contribution in [0.5, 0.6) is 11.6 Å². The van der Waals surface area contributed by atoms with E-state index in [1.165, 1.54) is 0 Å². The van der Waals surface area contributed by atoms with Gasteiger partial charge >= 0.3 is 5.69 Å². The minimum Gasteiger partial charge on any atom is -0.494 e. The van der Waals surface area contributed by atoms with E-state index < -0.39 is 17.1 Å². The first-order valence-corrected chi connectivity index (χ1v) is 7.42. The van der Waals surface area contributed by atoms with Gasteiger partial charge in [-0.2, -0.15) is 0 Å². The van der Waals surface area contributed by atoms with E-state index in [9.17, 15) is 14.7 Å². The van der Waals surface area contributed by atoms with Gasteiger partial charge in [-0.15, -0.1) is 0 Å². The highest BCUT2D eigenvalue weighted by molar-refractivity contribution is 5.34. The standard InChI is InChI=1S/C18H16N2O4/c21-16-15(17(22)20-18(23)19-16)10-13-7-4-8-14(9-13)24-11-12-5-2-1-3-6-12/h1-9H,10-11H2,(H3,19,20,21,22,23). The summed E-state index contributed by atoms with van der Waals surface area (Å²) in [7, 11) is 0. The Morgan fingerprint density at radius 1 is 0.917 bits per heavy atom. The number of H-pyrrole nitrogens is 2. The zero-order valence-corrected chi connectivity index (χ0v) is 12.8. The Morgan fingerprint density at radius 3 is 2.42 bits per heavy atom. The molecule has 0 aliphatic heterocycles. The van der Waals surface area contributed by atoms with Crippen molar-refractivity contribution < 1.29 is 9.84 Å². The van der Waals surface area contributed by atoms with Crippen LogP contribution in [0.25, 0.3) is 0 Å². The van der Waals surface area contributed by atoms with Crippen LogP contribution in [0.2, 0.25) is 0 Å². The minimum atomic E-state index is -0.735. The van der Waals surface area contributed by atoms with Gasteiger partial charge in [0.15, 0.2) is 0 Å². The average Bonchev–Trinajstić information content (AvgIpc) is 2.58. The van der Waals surface area contributed by atoms with Crippen molar-refractivity contribution in [2.24, 2.45) is 0 Å². The molecule has 0 aliphatic rings. The third-order valence-corrected chi connectivity index (χ3v) is 3.55. The lowest BCUT2D eigenvalue weighted by molar-refractivity contribution is 0.306. The van der Waals surface area contributed by atoms with Crippen molar-refractivity contribution in [3.8, 4) is 11.6 Å². The third kappa shape index (κ3) is 3.73. The molecule has 1 aromatic heterocycles. The summed E-state index contributed by atoms with van der Waals surface area (Å²) in [6, 6.07) is 17.0. The molecule has 0 saturated carbocycles. The van der Waals surface area contributed by atoms with Crippen molar-refractivity contribution in [2.45, 2.75) is 13.0 Å². The van der Waals surface area contributed by atoms with E-state index in [0.29, 0.717) is 12.4 Å². The molecule has 2 aromatic carbocycles. The molecule has 24 heavy (non-hydrogen) atoms. The van der Waals surface area contributed by atoms with Gasteiger partial charge in [-0.05, 0) is 23.3 Å². The summed E-state index contributed by atoms with van der Waals surface area (Å²) >= 11 is 0. The summed E-state index contributed by atoms with van der Waals surface area (Å²) in [4.78, 5) is 27.2. The van der Waals surface area contributed by atoms with Gasteiger partial charge in [0.05, 0.1) is 5.56 Å². The van der Waals surface area contributed by atoms with E-state index in [2.05, 4.69) is 9.97 Å². The largest absolute Gasteiger partial charge is 0.494 e. The lowest BCUT2D eigenvalue weighted by atomic mass is 10.1. The first-order chi connectivity index (χ1) is 11.6. The van der Waals surface area contributed by atoms with Gasteiger partial charge in [-0.3, -0.25) is 14.8 Å². The molecule has 0 aliphatic carbocycles. The third-order valence-electron chi connectivity index (χ3n) is 3.55. The Kier molecular flexibility index (Phi) is 4.47. The maximum atomic E-state index is 11.8. The Balaban J connectivity index is 1.76. The van der Waals surface area contributed by atoms with Crippen molar-refractivity contribution in [1.82, 2.24) is 9.97 Å². The Labute approximate surface area is 137 Å². The highest BCUT2D eigenvalue weighted by atomic mass is 16.5. The van der Waals surface area contributed by atoms with Gasteiger partial charge in [0.2, 0.25) is 5.88 Å². The van der Waals surface area contributed by atoms with Gasteiger partial charge in [-0.25, -0.2) is 4.79 Å². The van der Waals surface area contributed by atoms with Crippen LogP contribution < -0.4 is 16.0 Å². The highest BCUT2D eigenvalue weighted by Gasteiger charge is 2.10. The number of hydrogen-bond donors (Lipinski definition) is 3. The van der Waals surface area contributed by atoms with Crippen LogP contribution in [-0.2, 0) is 13.0 Å². The maximum Gasteiger partial charge on any atom is 0.328 e. The number of aromatic nitrogens is 2. The van der Waals surface area contributed by atoms with E-state index in [1.54, 1.807) is 6.07 Å². The van der Waals surface area contributed by atoms with E-state index in [1.807, 2.05) is 48.5 Å². The van der Waals surface area contributed by atoms with Crippen molar-refractivity contribution in [3.63, 3.8) is 0 Å². The van der Waals surface area contributed by atoms with E-state index >= 15 is 0 Å². The van der Waals surface area contributed by atoms with Crippen LogP contribution in [0.4, 0.5) is 0 Å². The molecular weight excluding hydrogens is 308 g/mol. The lowest BCUT2D eigenvalue weighted by Crippen LogP contribution is -2.25. The van der Waals surface area contributed by atoms with Gasteiger partial charge in [0.25, 0.3) is 5.56 Å². The van der Waals surface area contributed by atoms with Gasteiger partial charge in [-0.1, -0.05) is 42.5 Å². The Hall–Kier alpha value is -3.28. The topological polar surface area (TPSA) is 95.2 Å². The molecule has 3 aromatic rings. The number of hydrogen-bond acceptors (Lipinski definition) is 4. The predicted molar refractivity (Wildman–Crippen MR) is 89.4 cm³/mol. The Morgan fingerprint density at radius 2 is 1.67 bits per heavy atom. The zero-order valence-electron chi connectivity index (χ0n) is 12.8. The number of benzene rings is 2. The molecule has 0 atom stereocenters. The van der Waals surface area contributed by atoms with Crippen molar-refractivity contribution in [3.05, 3.63) is 92.1 Å². The van der Waals surface area contributed by atoms with Crippen LogP contribution in [0.1, 0.15) is 16.7 Å². The van der Waals surface area contributed by atoms with Crippen molar-refractivity contribution in [1.29, 1.82) is 0 Å². The number of nitrogens with one attached hydrogen (secondary N) is 2. The molecule has 0 bridgehead atoms. The number of ether oxygens (including phenoxy) is 1. The monoisotopic (exact) mass is 324 g/mol. The molecule has 122 valence electrons. The second kappa shape index (κ2) is 6.87. The molecule has 6 nitrogen and oxygen atoms in total. The molecule has 0 radical (unpaired) electrons. The fraction of sp³-hybridized carbons (Fsp3) is 0.111. The van der Waals surface area contributed by atoms with Crippen molar-refractivity contribution >= 4 is 0 Å². The molecule has 0 unspecified atom stereocenters. The SMILES string of the molecule is O=c1[nH]c(O)c(Cc2cccc(OCc3ccccc3)c2)c(=O)[nH]1. The molecular formula is C18H16N2O4.